The lowest BCUT2D eigenvalue weighted by molar-refractivity contribution is 1.65. The van der Waals surface area contributed by atoms with E-state index in [9.17, 15) is 0 Å². The summed E-state index contributed by atoms with van der Waals surface area (Å²) in [6.07, 6.45) is 5.64. The predicted molar refractivity (Wildman–Crippen MR) is 77.1 cm³/mol. The first-order valence-corrected chi connectivity index (χ1v) is 12.4. The summed E-state index contributed by atoms with van der Waals surface area (Å²) >= 11 is 0. The average molecular weight is 242 g/mol. The van der Waals surface area contributed by atoms with Gasteiger partial charge in [0.15, 0.2) is 0 Å². The van der Waals surface area contributed by atoms with Crippen LogP contribution in [-0.4, -0.2) is 15.2 Å². The standard InChI is InChI=1S/C14H18Si2/c1-6-15(2,3)16(4,5)13-12-14-10-8-7-9-11-14/h1,7-11H,2-5H3. The fraction of sp³-hybridized carbons (Fsp3) is 0.286. The van der Waals surface area contributed by atoms with Crippen molar-refractivity contribution in [2.75, 3.05) is 0 Å². The van der Waals surface area contributed by atoms with E-state index in [1.807, 2.05) is 30.3 Å². The van der Waals surface area contributed by atoms with Gasteiger partial charge in [-0.05, 0) is 12.1 Å². The quantitative estimate of drug-likeness (QED) is 0.524. The molecule has 0 aliphatic rings. The molecule has 0 unspecified atom stereocenters. The Balaban J connectivity index is 2.99. The van der Waals surface area contributed by atoms with Crippen LogP contribution in [0.25, 0.3) is 0 Å². The summed E-state index contributed by atoms with van der Waals surface area (Å²) in [7, 11) is -3.14. The lowest BCUT2D eigenvalue weighted by Crippen LogP contribution is -2.53. The van der Waals surface area contributed by atoms with Gasteiger partial charge in [-0.1, -0.05) is 50.3 Å². The highest BCUT2D eigenvalue weighted by molar-refractivity contribution is 7.46. The molecule has 0 spiro atoms. The normalized spacial score (nSPS) is 11.2. The van der Waals surface area contributed by atoms with Crippen LogP contribution in [0.15, 0.2) is 30.3 Å². The van der Waals surface area contributed by atoms with Crippen LogP contribution in [0.2, 0.25) is 26.2 Å². The molecular formula is C14H18Si2. The van der Waals surface area contributed by atoms with Crippen molar-refractivity contribution in [1.82, 2.24) is 0 Å². The molecule has 0 bridgehead atoms. The fourth-order valence-electron chi connectivity index (χ4n) is 1.09. The molecule has 1 aromatic rings. The molecule has 1 aromatic carbocycles. The van der Waals surface area contributed by atoms with Crippen LogP contribution in [-0.2, 0) is 0 Å². The van der Waals surface area contributed by atoms with Crippen molar-refractivity contribution in [2.24, 2.45) is 0 Å². The molecule has 0 heterocycles. The lowest BCUT2D eigenvalue weighted by atomic mass is 10.2. The summed E-state index contributed by atoms with van der Waals surface area (Å²) in [4.78, 5) is 0. The molecular weight excluding hydrogens is 224 g/mol. The van der Waals surface area contributed by atoms with Crippen molar-refractivity contribution >= 4 is 15.2 Å². The molecule has 0 N–H and O–H groups in total. The number of terminal acetylenes is 1. The third kappa shape index (κ3) is 2.89. The SMILES string of the molecule is C#C[Si](C)(C)[Si](C)(C)C#Cc1ccccc1. The highest BCUT2D eigenvalue weighted by atomic mass is 29.3. The summed E-state index contributed by atoms with van der Waals surface area (Å²) < 4.78 is 0. The molecule has 0 aromatic heterocycles. The van der Waals surface area contributed by atoms with E-state index in [2.05, 4.69) is 43.2 Å². The summed E-state index contributed by atoms with van der Waals surface area (Å²) in [5.41, 5.74) is 7.58. The first-order valence-electron chi connectivity index (χ1n) is 5.45. The smallest absolute Gasteiger partial charge is 0.137 e. The zero-order valence-electron chi connectivity index (χ0n) is 10.5. The highest BCUT2D eigenvalue weighted by Gasteiger charge is 2.39. The van der Waals surface area contributed by atoms with Gasteiger partial charge < -0.3 is 0 Å². The first kappa shape index (κ1) is 12.8. The Kier molecular flexibility index (Phi) is 3.80. The zero-order chi connectivity index (χ0) is 12.2. The van der Waals surface area contributed by atoms with Crippen LogP contribution in [0.1, 0.15) is 5.56 Å². The molecule has 0 aliphatic heterocycles. The van der Waals surface area contributed by atoms with Crippen LogP contribution < -0.4 is 0 Å². The topological polar surface area (TPSA) is 0 Å². The summed E-state index contributed by atoms with van der Waals surface area (Å²) in [6.45, 7) is 9.07. The molecule has 0 atom stereocenters. The molecule has 0 amide bonds. The maximum Gasteiger partial charge on any atom is 0.138 e. The monoisotopic (exact) mass is 242 g/mol. The zero-order valence-corrected chi connectivity index (χ0v) is 12.5. The Morgan fingerprint density at radius 2 is 1.50 bits per heavy atom. The van der Waals surface area contributed by atoms with Gasteiger partial charge in [0.2, 0.25) is 0 Å². The molecule has 0 saturated carbocycles. The van der Waals surface area contributed by atoms with E-state index >= 15 is 0 Å². The van der Waals surface area contributed by atoms with Crippen LogP contribution in [0.3, 0.4) is 0 Å². The van der Waals surface area contributed by atoms with Crippen molar-refractivity contribution < 1.29 is 0 Å². The van der Waals surface area contributed by atoms with Gasteiger partial charge in [0, 0.05) is 5.56 Å². The van der Waals surface area contributed by atoms with Crippen LogP contribution >= 0.6 is 0 Å². The van der Waals surface area contributed by atoms with Gasteiger partial charge in [-0.15, -0.1) is 17.5 Å². The van der Waals surface area contributed by atoms with Crippen molar-refractivity contribution in [3.05, 3.63) is 35.9 Å². The van der Waals surface area contributed by atoms with Crippen LogP contribution in [0.5, 0.6) is 0 Å². The Hall–Kier alpha value is -1.23. The number of hydrogen-bond acceptors (Lipinski definition) is 0. The van der Waals surface area contributed by atoms with E-state index < -0.39 is 15.2 Å². The molecule has 0 saturated heterocycles. The molecule has 0 nitrogen and oxygen atoms in total. The highest BCUT2D eigenvalue weighted by Crippen LogP contribution is 2.17. The van der Waals surface area contributed by atoms with Crippen LogP contribution in [0, 0.1) is 23.4 Å². The number of benzene rings is 1. The first-order chi connectivity index (χ1) is 7.39. The van der Waals surface area contributed by atoms with Gasteiger partial charge in [-0.2, -0.15) is 0 Å². The minimum absolute atomic E-state index is 1.09. The van der Waals surface area contributed by atoms with Gasteiger partial charge in [0.1, 0.15) is 15.2 Å². The molecule has 2 heteroatoms. The number of hydrogen-bond donors (Lipinski definition) is 0. The van der Waals surface area contributed by atoms with Crippen LogP contribution in [0.4, 0.5) is 0 Å². The maximum absolute atomic E-state index is 5.64. The third-order valence-corrected chi connectivity index (χ3v) is 18.0. The Bertz CT molecular complexity index is 453. The van der Waals surface area contributed by atoms with E-state index in [0.29, 0.717) is 0 Å². The van der Waals surface area contributed by atoms with E-state index in [4.69, 9.17) is 6.42 Å². The van der Waals surface area contributed by atoms with Crippen molar-refractivity contribution in [3.8, 4) is 23.4 Å². The van der Waals surface area contributed by atoms with E-state index in [1.165, 1.54) is 0 Å². The third-order valence-electron chi connectivity index (χ3n) is 3.22. The van der Waals surface area contributed by atoms with Crippen molar-refractivity contribution in [2.45, 2.75) is 26.2 Å². The Morgan fingerprint density at radius 3 is 2.00 bits per heavy atom. The van der Waals surface area contributed by atoms with E-state index in [1.54, 1.807) is 0 Å². The second kappa shape index (κ2) is 4.74. The van der Waals surface area contributed by atoms with Crippen molar-refractivity contribution in [1.29, 1.82) is 0 Å². The minimum Gasteiger partial charge on any atom is -0.137 e. The van der Waals surface area contributed by atoms with Gasteiger partial charge in [-0.3, -0.25) is 0 Å². The second-order valence-electron chi connectivity index (χ2n) is 5.01. The minimum atomic E-state index is -1.57. The molecule has 0 aliphatic carbocycles. The van der Waals surface area contributed by atoms with Gasteiger partial charge in [0.05, 0.1) is 0 Å². The average Bonchev–Trinajstić information content (AvgIpc) is 2.27. The maximum atomic E-state index is 5.64. The summed E-state index contributed by atoms with van der Waals surface area (Å²) in [5, 5.41) is 0. The Labute approximate surface area is 101 Å². The molecule has 16 heavy (non-hydrogen) atoms. The van der Waals surface area contributed by atoms with Gasteiger partial charge >= 0.3 is 0 Å². The van der Waals surface area contributed by atoms with Crippen molar-refractivity contribution in [3.63, 3.8) is 0 Å². The lowest BCUT2D eigenvalue weighted by Gasteiger charge is -2.27. The molecule has 82 valence electrons. The summed E-state index contributed by atoms with van der Waals surface area (Å²) in [6, 6.07) is 10.1. The predicted octanol–water partition coefficient (Wildman–Crippen LogP) is 3.24. The van der Waals surface area contributed by atoms with Gasteiger partial charge in [-0.25, -0.2) is 0 Å². The molecule has 0 fully saturated rings. The fourth-order valence-corrected chi connectivity index (χ4v) is 4.42. The molecule has 0 radical (unpaired) electrons. The van der Waals surface area contributed by atoms with Gasteiger partial charge in [0.25, 0.3) is 0 Å². The van der Waals surface area contributed by atoms with E-state index in [-0.39, 0.29) is 0 Å². The second-order valence-corrected chi connectivity index (χ2v) is 19.5. The Morgan fingerprint density at radius 1 is 0.938 bits per heavy atom. The molecule has 1 rings (SSSR count). The summed E-state index contributed by atoms with van der Waals surface area (Å²) in [5.74, 6) is 3.28. The number of rotatable bonds is 1. The van der Waals surface area contributed by atoms with E-state index in [0.717, 1.165) is 5.56 Å². The largest absolute Gasteiger partial charge is 0.138 e.